The van der Waals surface area contributed by atoms with Crippen LogP contribution in [0.4, 0.5) is 0 Å². The third kappa shape index (κ3) is 2.40. The van der Waals surface area contributed by atoms with Gasteiger partial charge >= 0.3 is 0 Å². The summed E-state index contributed by atoms with van der Waals surface area (Å²) < 4.78 is 0. The van der Waals surface area contributed by atoms with E-state index in [-0.39, 0.29) is 5.92 Å². The average molecular weight is 264 g/mol. The van der Waals surface area contributed by atoms with E-state index in [0.29, 0.717) is 17.6 Å². The van der Waals surface area contributed by atoms with Crippen molar-refractivity contribution in [1.82, 2.24) is 0 Å². The van der Waals surface area contributed by atoms with Gasteiger partial charge in [0.05, 0.1) is 0 Å². The van der Waals surface area contributed by atoms with Crippen molar-refractivity contribution >= 4 is 5.78 Å². The Labute approximate surface area is 120 Å². The first-order valence-corrected chi connectivity index (χ1v) is 7.40. The second-order valence-electron chi connectivity index (χ2n) is 5.76. The Balaban J connectivity index is 2.03. The smallest absolute Gasteiger partial charge is 0.136 e. The number of ketones is 1. The molecule has 0 amide bonds. The molecule has 0 radical (unpaired) electrons. The summed E-state index contributed by atoms with van der Waals surface area (Å²) in [5, 5.41) is 0. The van der Waals surface area contributed by atoms with Crippen LogP contribution in [0.15, 0.2) is 60.7 Å². The van der Waals surface area contributed by atoms with Crippen LogP contribution < -0.4 is 0 Å². The minimum Gasteiger partial charge on any atom is -0.299 e. The fourth-order valence-corrected chi connectivity index (χ4v) is 3.49. The van der Waals surface area contributed by atoms with Crippen LogP contribution in [0.25, 0.3) is 0 Å². The molecule has 1 fully saturated rings. The third-order valence-corrected chi connectivity index (χ3v) is 4.62. The van der Waals surface area contributed by atoms with E-state index in [0.717, 1.165) is 12.8 Å². The van der Waals surface area contributed by atoms with Crippen molar-refractivity contribution in [2.45, 2.75) is 25.7 Å². The van der Waals surface area contributed by atoms with E-state index in [1.165, 1.54) is 11.1 Å². The van der Waals surface area contributed by atoms with Crippen LogP contribution >= 0.6 is 0 Å². The first-order valence-electron chi connectivity index (χ1n) is 7.40. The second kappa shape index (κ2) is 5.62. The van der Waals surface area contributed by atoms with Crippen molar-refractivity contribution in [2.24, 2.45) is 11.8 Å². The number of carbonyl (C=O) groups is 1. The van der Waals surface area contributed by atoms with Gasteiger partial charge in [-0.15, -0.1) is 0 Å². The summed E-state index contributed by atoms with van der Waals surface area (Å²) in [5.41, 5.74) is 2.65. The van der Waals surface area contributed by atoms with Crippen molar-refractivity contribution in [3.8, 4) is 0 Å². The Hall–Kier alpha value is -1.89. The monoisotopic (exact) mass is 264 g/mol. The number of Topliss-reactive ketones (excluding diaryl/α,β-unsaturated/α-hetero) is 1. The quantitative estimate of drug-likeness (QED) is 0.801. The molecular formula is C19H20O. The van der Waals surface area contributed by atoms with Crippen molar-refractivity contribution < 1.29 is 4.79 Å². The molecule has 1 heteroatoms. The van der Waals surface area contributed by atoms with Gasteiger partial charge < -0.3 is 0 Å². The molecule has 1 aliphatic carbocycles. The standard InChI is InChI=1S/C19H20O/c1-14-17(12-13-18(14)20)19(15-8-4-2-5-9-15)16-10-6-3-7-11-16/h2-11,14,17,19H,12-13H2,1H3. The van der Waals surface area contributed by atoms with Crippen molar-refractivity contribution in [1.29, 1.82) is 0 Å². The Morgan fingerprint density at radius 1 is 0.900 bits per heavy atom. The number of hydrogen-bond donors (Lipinski definition) is 0. The zero-order chi connectivity index (χ0) is 13.9. The molecule has 0 spiro atoms. The normalized spacial score (nSPS) is 22.4. The first-order chi connectivity index (χ1) is 9.77. The molecule has 0 aliphatic heterocycles. The van der Waals surface area contributed by atoms with E-state index in [4.69, 9.17) is 0 Å². The lowest BCUT2D eigenvalue weighted by Crippen LogP contribution is -2.19. The van der Waals surface area contributed by atoms with Crippen LogP contribution in [0, 0.1) is 11.8 Å². The molecule has 20 heavy (non-hydrogen) atoms. The van der Waals surface area contributed by atoms with Crippen molar-refractivity contribution in [3.05, 3.63) is 71.8 Å². The summed E-state index contributed by atoms with van der Waals surface area (Å²) >= 11 is 0. The summed E-state index contributed by atoms with van der Waals surface area (Å²) in [6, 6.07) is 21.2. The van der Waals surface area contributed by atoms with E-state index >= 15 is 0 Å². The van der Waals surface area contributed by atoms with Gasteiger partial charge in [-0.2, -0.15) is 0 Å². The minimum atomic E-state index is 0.167. The Kier molecular flexibility index (Phi) is 3.68. The fourth-order valence-electron chi connectivity index (χ4n) is 3.49. The molecule has 2 aromatic rings. The van der Waals surface area contributed by atoms with E-state index in [1.807, 2.05) is 0 Å². The molecule has 0 aromatic heterocycles. The lowest BCUT2D eigenvalue weighted by Gasteiger charge is -2.27. The maximum absolute atomic E-state index is 12.0. The van der Waals surface area contributed by atoms with Crippen LogP contribution in [-0.4, -0.2) is 5.78 Å². The summed E-state index contributed by atoms with van der Waals surface area (Å²) in [6.45, 7) is 2.10. The Bertz CT molecular complexity index is 534. The number of carbonyl (C=O) groups excluding carboxylic acids is 1. The van der Waals surface area contributed by atoms with E-state index in [2.05, 4.69) is 67.6 Å². The highest BCUT2D eigenvalue weighted by Crippen LogP contribution is 2.43. The summed E-state index contributed by atoms with van der Waals surface area (Å²) in [6.07, 6.45) is 1.75. The first kappa shape index (κ1) is 13.1. The highest BCUT2D eigenvalue weighted by molar-refractivity contribution is 5.83. The highest BCUT2D eigenvalue weighted by Gasteiger charge is 2.37. The topological polar surface area (TPSA) is 17.1 Å². The van der Waals surface area contributed by atoms with Crippen LogP contribution in [0.2, 0.25) is 0 Å². The van der Waals surface area contributed by atoms with Crippen molar-refractivity contribution in [2.75, 3.05) is 0 Å². The third-order valence-electron chi connectivity index (χ3n) is 4.62. The van der Waals surface area contributed by atoms with Gasteiger partial charge in [0.2, 0.25) is 0 Å². The lowest BCUT2D eigenvalue weighted by molar-refractivity contribution is -0.120. The van der Waals surface area contributed by atoms with E-state index in [9.17, 15) is 4.79 Å². The fraction of sp³-hybridized carbons (Fsp3) is 0.316. The number of hydrogen-bond acceptors (Lipinski definition) is 1. The van der Waals surface area contributed by atoms with Gasteiger partial charge in [0.1, 0.15) is 5.78 Å². The van der Waals surface area contributed by atoms with Gasteiger partial charge in [-0.1, -0.05) is 67.6 Å². The molecule has 0 heterocycles. The summed E-state index contributed by atoms with van der Waals surface area (Å²) in [7, 11) is 0. The zero-order valence-corrected chi connectivity index (χ0v) is 11.8. The zero-order valence-electron chi connectivity index (χ0n) is 11.8. The van der Waals surface area contributed by atoms with E-state index in [1.54, 1.807) is 0 Å². The van der Waals surface area contributed by atoms with Gasteiger partial charge in [0, 0.05) is 18.3 Å². The van der Waals surface area contributed by atoms with Gasteiger partial charge in [0.15, 0.2) is 0 Å². The Morgan fingerprint density at radius 2 is 1.40 bits per heavy atom. The lowest BCUT2D eigenvalue weighted by atomic mass is 9.76. The molecule has 1 saturated carbocycles. The van der Waals surface area contributed by atoms with Crippen LogP contribution in [-0.2, 0) is 4.79 Å². The van der Waals surface area contributed by atoms with Gasteiger partial charge in [0.25, 0.3) is 0 Å². The summed E-state index contributed by atoms with van der Waals surface area (Å²) in [4.78, 5) is 12.0. The number of rotatable bonds is 3. The van der Waals surface area contributed by atoms with Gasteiger partial charge in [-0.05, 0) is 23.5 Å². The molecule has 102 valence electrons. The van der Waals surface area contributed by atoms with Crippen LogP contribution in [0.5, 0.6) is 0 Å². The molecule has 0 bridgehead atoms. The van der Waals surface area contributed by atoms with Crippen LogP contribution in [0.1, 0.15) is 36.8 Å². The predicted octanol–water partition coefficient (Wildman–Crippen LogP) is 4.43. The average Bonchev–Trinajstić information content (AvgIpc) is 2.82. The van der Waals surface area contributed by atoms with Gasteiger partial charge in [-0.25, -0.2) is 0 Å². The van der Waals surface area contributed by atoms with Crippen molar-refractivity contribution in [3.63, 3.8) is 0 Å². The molecule has 0 saturated heterocycles. The minimum absolute atomic E-state index is 0.167. The molecule has 0 N–H and O–H groups in total. The molecule has 1 nitrogen and oxygen atoms in total. The summed E-state index contributed by atoms with van der Waals surface area (Å²) in [5.74, 6) is 1.35. The van der Waals surface area contributed by atoms with E-state index < -0.39 is 0 Å². The molecular weight excluding hydrogens is 244 g/mol. The predicted molar refractivity (Wildman–Crippen MR) is 81.6 cm³/mol. The molecule has 2 atom stereocenters. The molecule has 3 rings (SSSR count). The van der Waals surface area contributed by atoms with Gasteiger partial charge in [-0.3, -0.25) is 4.79 Å². The van der Waals surface area contributed by atoms with Crippen LogP contribution in [0.3, 0.4) is 0 Å². The molecule has 1 aliphatic rings. The highest BCUT2D eigenvalue weighted by atomic mass is 16.1. The second-order valence-corrected chi connectivity index (χ2v) is 5.76. The Morgan fingerprint density at radius 3 is 1.80 bits per heavy atom. The molecule has 2 unspecified atom stereocenters. The largest absolute Gasteiger partial charge is 0.299 e. The maximum atomic E-state index is 12.0. The number of benzene rings is 2. The SMILES string of the molecule is CC1C(=O)CCC1C(c1ccccc1)c1ccccc1. The molecule has 2 aromatic carbocycles. The maximum Gasteiger partial charge on any atom is 0.136 e.